The molecule has 4 N–H and O–H groups in total. The van der Waals surface area contributed by atoms with Gasteiger partial charge < -0.3 is 16.4 Å². The second-order valence-electron chi connectivity index (χ2n) is 5.36. The molecular weight excluding hydrogens is 214 g/mol. The van der Waals surface area contributed by atoms with Crippen molar-refractivity contribution in [3.63, 3.8) is 0 Å². The van der Waals surface area contributed by atoms with E-state index >= 15 is 0 Å². The van der Waals surface area contributed by atoms with Crippen LogP contribution >= 0.6 is 0 Å². The Hall–Kier alpha value is -0.610. The van der Waals surface area contributed by atoms with E-state index in [1.54, 1.807) is 6.92 Å². The first-order chi connectivity index (χ1) is 7.81. The maximum atomic E-state index is 11.0. The Labute approximate surface area is 106 Å². The van der Waals surface area contributed by atoms with E-state index in [9.17, 15) is 4.79 Å². The Morgan fingerprint density at radius 1 is 1.41 bits per heavy atom. The number of unbranched alkanes of at least 4 members (excludes halogenated alkanes) is 1. The van der Waals surface area contributed by atoms with Crippen molar-refractivity contribution in [2.45, 2.75) is 64.5 Å². The summed E-state index contributed by atoms with van der Waals surface area (Å²) in [4.78, 5) is 13.4. The topological polar surface area (TPSA) is 72.3 Å². The third-order valence-electron chi connectivity index (χ3n) is 3.48. The molecule has 0 aromatic rings. The SMILES string of the molecule is CCCC(C)N(C)CCCCC(C)(N)C(N)=O. The number of carbonyl (C=O) groups excluding carboxylic acids is 1. The molecule has 0 saturated heterocycles. The highest BCUT2D eigenvalue weighted by molar-refractivity contribution is 5.83. The van der Waals surface area contributed by atoms with E-state index < -0.39 is 11.4 Å². The summed E-state index contributed by atoms with van der Waals surface area (Å²) in [5.74, 6) is -0.412. The zero-order valence-electron chi connectivity index (χ0n) is 11.8. The molecule has 0 aromatic heterocycles. The zero-order valence-corrected chi connectivity index (χ0v) is 11.8. The van der Waals surface area contributed by atoms with Gasteiger partial charge in [-0.1, -0.05) is 13.3 Å². The molecule has 2 unspecified atom stereocenters. The Morgan fingerprint density at radius 2 is 2.00 bits per heavy atom. The van der Waals surface area contributed by atoms with Gasteiger partial charge in [-0.3, -0.25) is 4.79 Å². The molecule has 4 heteroatoms. The molecule has 17 heavy (non-hydrogen) atoms. The van der Waals surface area contributed by atoms with Gasteiger partial charge in [0.15, 0.2) is 0 Å². The minimum Gasteiger partial charge on any atom is -0.368 e. The molecule has 0 aliphatic rings. The molecule has 2 atom stereocenters. The van der Waals surface area contributed by atoms with Crippen molar-refractivity contribution in [2.24, 2.45) is 11.5 Å². The minimum atomic E-state index is -0.854. The molecule has 0 heterocycles. The van der Waals surface area contributed by atoms with Crippen LogP contribution in [-0.2, 0) is 4.79 Å². The number of amides is 1. The van der Waals surface area contributed by atoms with Crippen molar-refractivity contribution in [2.75, 3.05) is 13.6 Å². The van der Waals surface area contributed by atoms with Crippen LogP contribution in [0, 0.1) is 0 Å². The summed E-state index contributed by atoms with van der Waals surface area (Å²) in [7, 11) is 2.15. The summed E-state index contributed by atoms with van der Waals surface area (Å²) >= 11 is 0. The average molecular weight is 243 g/mol. The molecule has 0 spiro atoms. The van der Waals surface area contributed by atoms with Gasteiger partial charge in [0.1, 0.15) is 0 Å². The maximum absolute atomic E-state index is 11.0. The summed E-state index contributed by atoms with van der Waals surface area (Å²) in [5, 5.41) is 0. The van der Waals surface area contributed by atoms with Crippen LogP contribution in [0.25, 0.3) is 0 Å². The molecule has 4 nitrogen and oxygen atoms in total. The number of primary amides is 1. The van der Waals surface area contributed by atoms with E-state index in [-0.39, 0.29) is 0 Å². The lowest BCUT2D eigenvalue weighted by Crippen LogP contribution is -2.49. The molecule has 0 aliphatic carbocycles. The van der Waals surface area contributed by atoms with Gasteiger partial charge in [0, 0.05) is 6.04 Å². The van der Waals surface area contributed by atoms with Crippen LogP contribution in [0.4, 0.5) is 0 Å². The van der Waals surface area contributed by atoms with Crippen LogP contribution in [0.15, 0.2) is 0 Å². The van der Waals surface area contributed by atoms with Crippen molar-refractivity contribution >= 4 is 5.91 Å². The van der Waals surface area contributed by atoms with Crippen molar-refractivity contribution in [3.8, 4) is 0 Å². The zero-order chi connectivity index (χ0) is 13.5. The van der Waals surface area contributed by atoms with Gasteiger partial charge in [0.05, 0.1) is 5.54 Å². The predicted octanol–water partition coefficient (Wildman–Crippen LogP) is 1.48. The molecule has 0 radical (unpaired) electrons. The molecule has 102 valence electrons. The normalized spacial score (nSPS) is 16.8. The highest BCUT2D eigenvalue weighted by Gasteiger charge is 2.24. The van der Waals surface area contributed by atoms with Crippen LogP contribution < -0.4 is 11.5 Å². The summed E-state index contributed by atoms with van der Waals surface area (Å²) in [6, 6.07) is 0.625. The molecular formula is C13H29N3O. The van der Waals surface area contributed by atoms with Crippen molar-refractivity contribution < 1.29 is 4.79 Å². The Morgan fingerprint density at radius 3 is 2.47 bits per heavy atom. The van der Waals surface area contributed by atoms with Gasteiger partial charge in [-0.2, -0.15) is 0 Å². The minimum absolute atomic E-state index is 0.412. The molecule has 0 aliphatic heterocycles. The molecule has 0 rings (SSSR count). The number of nitrogens with zero attached hydrogens (tertiary/aromatic N) is 1. The molecule has 0 fully saturated rings. The standard InChI is InChI=1S/C13H29N3O/c1-5-8-11(2)16(4)10-7-6-9-13(3,15)12(14)17/h11H,5-10,15H2,1-4H3,(H2,14,17). The lowest BCUT2D eigenvalue weighted by Gasteiger charge is -2.25. The summed E-state index contributed by atoms with van der Waals surface area (Å²) in [6.07, 6.45) is 5.11. The first-order valence-corrected chi connectivity index (χ1v) is 6.60. The van der Waals surface area contributed by atoms with Gasteiger partial charge in [0.2, 0.25) is 5.91 Å². The summed E-state index contributed by atoms with van der Waals surface area (Å²) < 4.78 is 0. The predicted molar refractivity (Wildman–Crippen MR) is 72.6 cm³/mol. The number of hydrogen-bond acceptors (Lipinski definition) is 3. The lowest BCUT2D eigenvalue weighted by atomic mass is 9.95. The van der Waals surface area contributed by atoms with Gasteiger partial charge in [-0.15, -0.1) is 0 Å². The summed E-state index contributed by atoms with van der Waals surface area (Å²) in [6.45, 7) is 7.21. The number of rotatable bonds is 9. The fourth-order valence-electron chi connectivity index (χ4n) is 1.84. The van der Waals surface area contributed by atoms with Gasteiger partial charge in [0.25, 0.3) is 0 Å². The van der Waals surface area contributed by atoms with E-state index in [0.717, 1.165) is 19.4 Å². The fourth-order valence-corrected chi connectivity index (χ4v) is 1.84. The number of hydrogen-bond donors (Lipinski definition) is 2. The van der Waals surface area contributed by atoms with Crippen LogP contribution in [-0.4, -0.2) is 36.0 Å². The highest BCUT2D eigenvalue weighted by Crippen LogP contribution is 2.11. The van der Waals surface area contributed by atoms with E-state index in [2.05, 4.69) is 25.8 Å². The fraction of sp³-hybridized carbons (Fsp3) is 0.923. The average Bonchev–Trinajstić information content (AvgIpc) is 2.24. The van der Waals surface area contributed by atoms with Crippen LogP contribution in [0.3, 0.4) is 0 Å². The van der Waals surface area contributed by atoms with Crippen LogP contribution in [0.5, 0.6) is 0 Å². The molecule has 1 amide bonds. The Kier molecular flexibility index (Phi) is 7.39. The molecule has 0 aromatic carbocycles. The van der Waals surface area contributed by atoms with Crippen molar-refractivity contribution in [3.05, 3.63) is 0 Å². The second-order valence-corrected chi connectivity index (χ2v) is 5.36. The third kappa shape index (κ3) is 6.64. The molecule has 0 bridgehead atoms. The van der Waals surface area contributed by atoms with E-state index in [1.165, 1.54) is 12.8 Å². The number of carbonyl (C=O) groups is 1. The first kappa shape index (κ1) is 16.4. The van der Waals surface area contributed by atoms with Crippen molar-refractivity contribution in [1.29, 1.82) is 0 Å². The first-order valence-electron chi connectivity index (χ1n) is 6.60. The molecule has 0 saturated carbocycles. The van der Waals surface area contributed by atoms with E-state index in [4.69, 9.17) is 11.5 Å². The van der Waals surface area contributed by atoms with E-state index in [0.29, 0.717) is 12.5 Å². The van der Waals surface area contributed by atoms with Gasteiger partial charge in [-0.25, -0.2) is 0 Å². The van der Waals surface area contributed by atoms with Gasteiger partial charge >= 0.3 is 0 Å². The number of nitrogens with two attached hydrogens (primary N) is 2. The Bertz CT molecular complexity index is 229. The van der Waals surface area contributed by atoms with Crippen molar-refractivity contribution in [1.82, 2.24) is 4.90 Å². The maximum Gasteiger partial charge on any atom is 0.237 e. The second kappa shape index (κ2) is 7.67. The quantitative estimate of drug-likeness (QED) is 0.602. The third-order valence-corrected chi connectivity index (χ3v) is 3.48. The Balaban J connectivity index is 3.74. The summed E-state index contributed by atoms with van der Waals surface area (Å²) in [5.41, 5.74) is 10.2. The lowest BCUT2D eigenvalue weighted by molar-refractivity contribution is -0.122. The van der Waals surface area contributed by atoms with E-state index in [1.807, 2.05) is 0 Å². The largest absolute Gasteiger partial charge is 0.368 e. The highest BCUT2D eigenvalue weighted by atomic mass is 16.1. The smallest absolute Gasteiger partial charge is 0.237 e. The monoisotopic (exact) mass is 243 g/mol. The van der Waals surface area contributed by atoms with Crippen LogP contribution in [0.1, 0.15) is 52.9 Å². The van der Waals surface area contributed by atoms with Gasteiger partial charge in [-0.05, 0) is 53.1 Å². The van der Waals surface area contributed by atoms with Crippen LogP contribution in [0.2, 0.25) is 0 Å².